The zero-order valence-electron chi connectivity index (χ0n) is 18.2. The van der Waals surface area contributed by atoms with Crippen molar-refractivity contribution >= 4 is 22.6 Å². The average molecular weight is 487 g/mol. The van der Waals surface area contributed by atoms with Gasteiger partial charge in [0.1, 0.15) is 11.3 Å². The van der Waals surface area contributed by atoms with Crippen molar-refractivity contribution in [3.8, 4) is 0 Å². The lowest BCUT2D eigenvalue weighted by molar-refractivity contribution is -0.138. The van der Waals surface area contributed by atoms with Crippen molar-refractivity contribution in [1.29, 1.82) is 0 Å². The van der Waals surface area contributed by atoms with Gasteiger partial charge in [0.05, 0.1) is 43.9 Å². The third kappa shape index (κ3) is 5.66. The molecule has 0 aromatic carbocycles. The van der Waals surface area contributed by atoms with Crippen LogP contribution in [0, 0.1) is 0 Å². The maximum atomic E-state index is 13.1. The van der Waals surface area contributed by atoms with Crippen LogP contribution in [0.25, 0.3) is 0 Å². The zero-order chi connectivity index (χ0) is 23.6. The Hall–Kier alpha value is -2.61. The van der Waals surface area contributed by atoms with E-state index >= 15 is 0 Å². The Bertz CT molecular complexity index is 1060. The maximum Gasteiger partial charge on any atom is 0.423 e. The van der Waals surface area contributed by atoms with E-state index in [9.17, 15) is 18.0 Å². The second kappa shape index (κ2) is 9.71. The van der Waals surface area contributed by atoms with Crippen LogP contribution in [0.1, 0.15) is 37.6 Å². The number of halogens is 3. The highest BCUT2D eigenvalue weighted by molar-refractivity contribution is 8.14. The molecule has 14 heteroatoms. The lowest BCUT2D eigenvalue weighted by Crippen LogP contribution is -2.29. The van der Waals surface area contributed by atoms with E-state index in [1.54, 1.807) is 23.8 Å². The Morgan fingerprint density at radius 1 is 1.42 bits per heavy atom. The molecule has 2 aromatic rings. The molecule has 0 amide bonds. The van der Waals surface area contributed by atoms with E-state index in [0.29, 0.717) is 10.9 Å². The van der Waals surface area contributed by atoms with Crippen LogP contribution in [-0.4, -0.2) is 72.8 Å². The van der Waals surface area contributed by atoms with E-state index < -0.39 is 29.0 Å². The van der Waals surface area contributed by atoms with E-state index in [-0.39, 0.29) is 19.3 Å². The topological polar surface area (TPSA) is 113 Å². The molecule has 0 radical (unpaired) electrons. The Kier molecular flexibility index (Phi) is 6.93. The summed E-state index contributed by atoms with van der Waals surface area (Å²) in [5.74, 6) is 0. The number of anilines is 1. The minimum atomic E-state index is -4.80. The van der Waals surface area contributed by atoms with Crippen molar-refractivity contribution < 1.29 is 17.9 Å². The highest BCUT2D eigenvalue weighted by atomic mass is 32.2. The van der Waals surface area contributed by atoms with Crippen LogP contribution >= 0.6 is 11.8 Å². The number of nitrogens with zero attached hydrogens (tertiary/aromatic N) is 6. The van der Waals surface area contributed by atoms with Gasteiger partial charge in [-0.25, -0.2) is 9.78 Å². The minimum absolute atomic E-state index is 0.101. The first-order valence-corrected chi connectivity index (χ1v) is 11.4. The minimum Gasteiger partial charge on any atom is -0.378 e. The van der Waals surface area contributed by atoms with Gasteiger partial charge in [0.15, 0.2) is 5.17 Å². The number of H-pyrrole nitrogens is 1. The Morgan fingerprint density at radius 2 is 2.24 bits per heavy atom. The summed E-state index contributed by atoms with van der Waals surface area (Å²) in [5, 5.41) is 17.9. The molecule has 3 unspecified atom stereocenters. The molecule has 180 valence electrons. The predicted octanol–water partition coefficient (Wildman–Crippen LogP) is 2.14. The highest BCUT2D eigenvalue weighted by Crippen LogP contribution is 2.32. The maximum absolute atomic E-state index is 13.1. The zero-order valence-corrected chi connectivity index (χ0v) is 19.0. The van der Waals surface area contributed by atoms with Crippen LogP contribution < -0.4 is 10.9 Å². The monoisotopic (exact) mass is 486 g/mol. The molecule has 2 aromatic heterocycles. The Balaban J connectivity index is 1.26. The van der Waals surface area contributed by atoms with Crippen molar-refractivity contribution in [2.24, 2.45) is 4.99 Å². The number of ether oxygens (including phenoxy) is 1. The van der Waals surface area contributed by atoms with Gasteiger partial charge >= 0.3 is 6.18 Å². The molecule has 2 aliphatic rings. The molecule has 2 N–H and O–H groups in total. The molecule has 3 atom stereocenters. The fraction of sp³-hybridized carbons (Fsp3) is 0.632. The van der Waals surface area contributed by atoms with E-state index in [0.717, 1.165) is 37.4 Å². The summed E-state index contributed by atoms with van der Waals surface area (Å²) in [7, 11) is 0. The van der Waals surface area contributed by atoms with Gasteiger partial charge in [-0.05, 0) is 13.3 Å². The van der Waals surface area contributed by atoms with Crippen LogP contribution in [0.4, 0.5) is 18.9 Å². The van der Waals surface area contributed by atoms with Crippen LogP contribution in [0.2, 0.25) is 0 Å². The van der Waals surface area contributed by atoms with Crippen LogP contribution in [0.5, 0.6) is 0 Å². The average Bonchev–Trinajstić information content (AvgIpc) is 3.47. The number of aromatic amines is 1. The number of hydrogen-bond donors (Lipinski definition) is 2. The Morgan fingerprint density at radius 3 is 2.97 bits per heavy atom. The largest absolute Gasteiger partial charge is 0.423 e. The molecule has 33 heavy (non-hydrogen) atoms. The van der Waals surface area contributed by atoms with Gasteiger partial charge in [0.2, 0.25) is 0 Å². The van der Waals surface area contributed by atoms with Crippen molar-refractivity contribution in [3.05, 3.63) is 34.0 Å². The number of thioether (sulfide) groups is 1. The van der Waals surface area contributed by atoms with Gasteiger partial charge < -0.3 is 15.0 Å². The molecule has 4 rings (SSSR count). The molecule has 1 fully saturated rings. The molecule has 0 saturated carbocycles. The fourth-order valence-corrected chi connectivity index (χ4v) is 4.73. The number of aromatic nitrogens is 5. The van der Waals surface area contributed by atoms with Crippen molar-refractivity contribution in [2.75, 3.05) is 31.6 Å². The van der Waals surface area contributed by atoms with Gasteiger partial charge in [-0.2, -0.15) is 18.3 Å². The van der Waals surface area contributed by atoms with Gasteiger partial charge in [0.25, 0.3) is 5.56 Å². The van der Waals surface area contributed by atoms with Crippen LogP contribution in [0.3, 0.4) is 0 Å². The second-order valence-electron chi connectivity index (χ2n) is 8.18. The van der Waals surface area contributed by atoms with Crippen molar-refractivity contribution in [2.45, 2.75) is 50.4 Å². The number of rotatable bonds is 7. The summed E-state index contributed by atoms with van der Waals surface area (Å²) in [6.45, 7) is 6.69. The number of aliphatic imine (C=N–C) groups is 1. The number of nitrogens with one attached hydrogen (secondary N) is 2. The van der Waals surface area contributed by atoms with Gasteiger partial charge in [-0.3, -0.25) is 9.79 Å². The summed E-state index contributed by atoms with van der Waals surface area (Å²) in [4.78, 5) is 18.4. The standard InChI is InChI=1S/C19H25F3N8O2S/c1-11(25-15-6-24-27-17(31)16(15)19(20,21)22)9-32-10-13-7-30(28-26-13)14-3-4-29(8-14)18-23-5-12(2)33-18/h6-7,11-12,14H,3-5,8-10H2,1-2H3,(H2,25,27,31). The van der Waals surface area contributed by atoms with E-state index in [1.165, 1.54) is 0 Å². The molecule has 0 spiro atoms. The molecule has 10 nitrogen and oxygen atoms in total. The van der Waals surface area contributed by atoms with Gasteiger partial charge in [0, 0.05) is 24.4 Å². The van der Waals surface area contributed by atoms with E-state index in [4.69, 9.17) is 4.74 Å². The molecular weight excluding hydrogens is 461 g/mol. The molecule has 1 saturated heterocycles. The lowest BCUT2D eigenvalue weighted by Gasteiger charge is -2.18. The molecule has 0 aliphatic carbocycles. The Labute approximate surface area is 192 Å². The SMILES string of the molecule is CC(COCc1cn(C2CCN(C3=NCC(C)S3)C2)nn1)Nc1cn[nH]c(=O)c1C(F)(F)F. The number of amidine groups is 1. The van der Waals surface area contributed by atoms with Crippen LogP contribution in [-0.2, 0) is 17.5 Å². The number of hydrogen-bond acceptors (Lipinski definition) is 9. The molecule has 2 aliphatic heterocycles. The van der Waals surface area contributed by atoms with E-state index in [2.05, 4.69) is 37.5 Å². The predicted molar refractivity (Wildman–Crippen MR) is 117 cm³/mol. The smallest absolute Gasteiger partial charge is 0.378 e. The first-order chi connectivity index (χ1) is 15.7. The summed E-state index contributed by atoms with van der Waals surface area (Å²) in [6, 6.07) is -0.296. The molecule has 0 bridgehead atoms. The third-order valence-electron chi connectivity index (χ3n) is 5.32. The highest BCUT2D eigenvalue weighted by Gasteiger charge is 2.37. The summed E-state index contributed by atoms with van der Waals surface area (Å²) in [5.41, 5.74) is -2.36. The summed E-state index contributed by atoms with van der Waals surface area (Å²) >= 11 is 1.80. The van der Waals surface area contributed by atoms with Gasteiger partial charge in [-0.15, -0.1) is 5.10 Å². The fourth-order valence-electron chi connectivity index (χ4n) is 3.76. The van der Waals surface area contributed by atoms with E-state index in [1.807, 2.05) is 10.9 Å². The number of alkyl halides is 3. The van der Waals surface area contributed by atoms with Gasteiger partial charge in [-0.1, -0.05) is 23.9 Å². The van der Waals surface area contributed by atoms with Crippen molar-refractivity contribution in [1.82, 2.24) is 30.1 Å². The lowest BCUT2D eigenvalue weighted by atomic mass is 10.2. The molecular formula is C19H25F3N8O2S. The quantitative estimate of drug-likeness (QED) is 0.612. The first-order valence-electron chi connectivity index (χ1n) is 10.6. The van der Waals surface area contributed by atoms with Crippen LogP contribution in [0.15, 0.2) is 22.2 Å². The number of likely N-dealkylation sites (tertiary alicyclic amines) is 1. The molecule has 4 heterocycles. The normalized spacial score (nSPS) is 22.0. The first kappa shape index (κ1) is 23.5. The third-order valence-corrected chi connectivity index (χ3v) is 6.46. The summed E-state index contributed by atoms with van der Waals surface area (Å²) in [6.07, 6.45) is -1.08. The second-order valence-corrected chi connectivity index (χ2v) is 9.58. The van der Waals surface area contributed by atoms with Crippen molar-refractivity contribution in [3.63, 3.8) is 0 Å². The summed E-state index contributed by atoms with van der Waals surface area (Å²) < 4.78 is 46.9.